The fourth-order valence-corrected chi connectivity index (χ4v) is 1.44. The molecule has 0 aliphatic carbocycles. The second-order valence-electron chi connectivity index (χ2n) is 4.31. The van der Waals surface area contributed by atoms with Gasteiger partial charge in [-0.15, -0.1) is 0 Å². The highest BCUT2D eigenvalue weighted by Gasteiger charge is 1.97. The summed E-state index contributed by atoms with van der Waals surface area (Å²) in [7, 11) is 3.95. The van der Waals surface area contributed by atoms with Crippen molar-refractivity contribution in [2.45, 2.75) is 33.6 Å². The van der Waals surface area contributed by atoms with Crippen LogP contribution >= 0.6 is 0 Å². The minimum Gasteiger partial charge on any atom is -0.378 e. The summed E-state index contributed by atoms with van der Waals surface area (Å²) in [6.07, 6.45) is 8.22. The van der Waals surface area contributed by atoms with Gasteiger partial charge in [-0.25, -0.2) is 0 Å². The minimum atomic E-state index is 0.876. The molecule has 0 N–H and O–H groups in total. The quantitative estimate of drug-likeness (QED) is 0.483. The van der Waals surface area contributed by atoms with Gasteiger partial charge in [0.1, 0.15) is 0 Å². The molecule has 0 saturated heterocycles. The third-order valence-electron chi connectivity index (χ3n) is 2.80. The van der Waals surface area contributed by atoms with E-state index in [1.807, 2.05) is 20.0 Å². The second kappa shape index (κ2) is 8.80. The van der Waals surface area contributed by atoms with Gasteiger partial charge < -0.3 is 4.90 Å². The van der Waals surface area contributed by atoms with Gasteiger partial charge in [-0.2, -0.15) is 0 Å². The molecule has 0 rings (SSSR count). The molecule has 0 unspecified atom stereocenters. The van der Waals surface area contributed by atoms with E-state index in [0.717, 1.165) is 18.7 Å². The van der Waals surface area contributed by atoms with E-state index in [4.69, 9.17) is 0 Å². The summed E-state index contributed by atoms with van der Waals surface area (Å²) in [5.74, 6) is 0. The summed E-state index contributed by atoms with van der Waals surface area (Å²) in [5.41, 5.74) is 3.61. The number of rotatable bonds is 7. The molecular formula is C15H26N2. The lowest BCUT2D eigenvalue weighted by Gasteiger charge is -2.18. The van der Waals surface area contributed by atoms with Crippen LogP contribution in [-0.2, 0) is 0 Å². The molecule has 96 valence electrons. The number of hydrogen-bond donors (Lipinski definition) is 0. The van der Waals surface area contributed by atoms with Crippen LogP contribution in [0.2, 0.25) is 0 Å². The largest absolute Gasteiger partial charge is 0.378 e. The van der Waals surface area contributed by atoms with Crippen LogP contribution in [0, 0.1) is 0 Å². The van der Waals surface area contributed by atoms with Crippen LogP contribution in [0.15, 0.2) is 41.1 Å². The summed E-state index contributed by atoms with van der Waals surface area (Å²) in [4.78, 5) is 6.43. The van der Waals surface area contributed by atoms with Crippen molar-refractivity contribution in [2.24, 2.45) is 4.99 Å². The molecule has 0 aliphatic heterocycles. The van der Waals surface area contributed by atoms with Gasteiger partial charge in [0, 0.05) is 38.5 Å². The lowest BCUT2D eigenvalue weighted by atomic mass is 10.1. The molecule has 0 radical (unpaired) electrons. The average molecular weight is 234 g/mol. The Morgan fingerprint density at radius 3 is 2.41 bits per heavy atom. The SMILES string of the molecule is C=C/C(=C\C=C(/C)N(C)CCC)CC(C)=NC. The highest BCUT2D eigenvalue weighted by atomic mass is 15.1. The summed E-state index contributed by atoms with van der Waals surface area (Å²) >= 11 is 0. The van der Waals surface area contributed by atoms with Gasteiger partial charge in [0.05, 0.1) is 0 Å². The summed E-state index contributed by atoms with van der Waals surface area (Å²) in [5, 5.41) is 0. The Kier molecular flexibility index (Phi) is 8.12. The zero-order valence-corrected chi connectivity index (χ0v) is 12.0. The number of hydrogen-bond acceptors (Lipinski definition) is 2. The Morgan fingerprint density at radius 1 is 1.29 bits per heavy atom. The molecule has 0 bridgehead atoms. The first-order valence-electron chi connectivity index (χ1n) is 6.18. The van der Waals surface area contributed by atoms with E-state index < -0.39 is 0 Å². The molecule has 0 atom stereocenters. The Balaban J connectivity index is 4.63. The maximum Gasteiger partial charge on any atom is 0.0276 e. The topological polar surface area (TPSA) is 15.6 Å². The van der Waals surface area contributed by atoms with Crippen LogP contribution in [0.25, 0.3) is 0 Å². The van der Waals surface area contributed by atoms with Crippen LogP contribution in [0.4, 0.5) is 0 Å². The predicted octanol–water partition coefficient (Wildman–Crippen LogP) is 3.83. The van der Waals surface area contributed by atoms with Crippen molar-refractivity contribution in [3.63, 3.8) is 0 Å². The molecule has 0 amide bonds. The van der Waals surface area contributed by atoms with Crippen LogP contribution in [0.3, 0.4) is 0 Å². The van der Waals surface area contributed by atoms with Crippen molar-refractivity contribution >= 4 is 5.71 Å². The molecule has 17 heavy (non-hydrogen) atoms. The van der Waals surface area contributed by atoms with Crippen molar-refractivity contribution in [3.05, 3.63) is 36.1 Å². The molecule has 2 heteroatoms. The monoisotopic (exact) mass is 234 g/mol. The third kappa shape index (κ3) is 6.77. The molecule has 0 aromatic rings. The summed E-state index contributed by atoms with van der Waals surface area (Å²) < 4.78 is 0. The van der Waals surface area contributed by atoms with Crippen LogP contribution < -0.4 is 0 Å². The van der Waals surface area contributed by atoms with Gasteiger partial charge in [-0.3, -0.25) is 4.99 Å². The van der Waals surface area contributed by atoms with Gasteiger partial charge in [0.2, 0.25) is 0 Å². The zero-order chi connectivity index (χ0) is 13.3. The number of allylic oxidation sites excluding steroid dienone is 5. The standard InChI is InChI=1S/C15H26N2/c1-7-11-17(6)14(4)9-10-15(8-2)12-13(3)16-5/h8-10H,2,7,11-12H2,1,3-6H3/b14-9+,15-10+,16-13?. The number of aliphatic imine (C=N–C) groups is 1. The molecule has 0 aromatic heterocycles. The van der Waals surface area contributed by atoms with E-state index in [2.05, 4.69) is 49.5 Å². The first-order chi connectivity index (χ1) is 8.04. The fraction of sp³-hybridized carbons (Fsp3) is 0.533. The van der Waals surface area contributed by atoms with Crippen LogP contribution in [-0.4, -0.2) is 31.3 Å². The fourth-order valence-electron chi connectivity index (χ4n) is 1.44. The van der Waals surface area contributed by atoms with Crippen molar-refractivity contribution in [1.29, 1.82) is 0 Å². The van der Waals surface area contributed by atoms with Crippen molar-refractivity contribution in [2.75, 3.05) is 20.6 Å². The molecule has 0 aromatic carbocycles. The summed E-state index contributed by atoms with van der Waals surface area (Å²) in [6.45, 7) is 11.3. The van der Waals surface area contributed by atoms with Crippen molar-refractivity contribution < 1.29 is 0 Å². The minimum absolute atomic E-state index is 0.876. The van der Waals surface area contributed by atoms with E-state index in [-0.39, 0.29) is 0 Å². The molecule has 0 spiro atoms. The van der Waals surface area contributed by atoms with E-state index in [1.54, 1.807) is 0 Å². The van der Waals surface area contributed by atoms with E-state index in [1.165, 1.54) is 17.7 Å². The maximum atomic E-state index is 4.16. The Bertz CT molecular complexity index is 322. The maximum absolute atomic E-state index is 4.16. The zero-order valence-electron chi connectivity index (χ0n) is 12.0. The third-order valence-corrected chi connectivity index (χ3v) is 2.80. The smallest absolute Gasteiger partial charge is 0.0276 e. The first-order valence-corrected chi connectivity index (χ1v) is 6.18. The normalized spacial score (nSPS) is 13.8. The van der Waals surface area contributed by atoms with Crippen LogP contribution in [0.1, 0.15) is 33.6 Å². The number of nitrogens with zero attached hydrogens (tertiary/aromatic N) is 2. The van der Waals surface area contributed by atoms with Gasteiger partial charge >= 0.3 is 0 Å². The van der Waals surface area contributed by atoms with E-state index >= 15 is 0 Å². The van der Waals surface area contributed by atoms with Gasteiger partial charge in [0.15, 0.2) is 0 Å². The molecule has 2 nitrogen and oxygen atoms in total. The molecule has 0 heterocycles. The lowest BCUT2D eigenvalue weighted by molar-refractivity contribution is 0.418. The Hall–Kier alpha value is -1.31. The highest BCUT2D eigenvalue weighted by Crippen LogP contribution is 2.07. The first kappa shape index (κ1) is 15.7. The Morgan fingerprint density at radius 2 is 1.94 bits per heavy atom. The van der Waals surface area contributed by atoms with Crippen molar-refractivity contribution in [1.82, 2.24) is 4.90 Å². The van der Waals surface area contributed by atoms with Gasteiger partial charge in [-0.1, -0.05) is 25.7 Å². The highest BCUT2D eigenvalue weighted by molar-refractivity contribution is 5.84. The molecular weight excluding hydrogens is 208 g/mol. The van der Waals surface area contributed by atoms with Crippen LogP contribution in [0.5, 0.6) is 0 Å². The van der Waals surface area contributed by atoms with Gasteiger partial charge in [-0.05, 0) is 31.9 Å². The Labute approximate surface area is 106 Å². The van der Waals surface area contributed by atoms with E-state index in [9.17, 15) is 0 Å². The van der Waals surface area contributed by atoms with Gasteiger partial charge in [0.25, 0.3) is 0 Å². The molecule has 0 aliphatic rings. The average Bonchev–Trinajstić information content (AvgIpc) is 2.33. The van der Waals surface area contributed by atoms with E-state index in [0.29, 0.717) is 0 Å². The molecule has 0 fully saturated rings. The summed E-state index contributed by atoms with van der Waals surface area (Å²) in [6, 6.07) is 0. The predicted molar refractivity (Wildman–Crippen MR) is 78.6 cm³/mol. The lowest BCUT2D eigenvalue weighted by Crippen LogP contribution is -2.16. The van der Waals surface area contributed by atoms with Crippen molar-refractivity contribution in [3.8, 4) is 0 Å². The molecule has 0 saturated carbocycles. The second-order valence-corrected chi connectivity index (χ2v) is 4.31.